The lowest BCUT2D eigenvalue weighted by molar-refractivity contribution is 0.290. The van der Waals surface area contributed by atoms with Crippen LogP contribution in [0.3, 0.4) is 0 Å². The zero-order valence-electron chi connectivity index (χ0n) is 13.5. The maximum absolute atomic E-state index is 6.13. The molecule has 0 unspecified atom stereocenters. The predicted molar refractivity (Wildman–Crippen MR) is 86.5 cm³/mol. The second-order valence-electron chi connectivity index (χ2n) is 7.56. The zero-order valence-corrected chi connectivity index (χ0v) is 13.5. The van der Waals surface area contributed by atoms with Crippen LogP contribution in [0.5, 0.6) is 5.75 Å². The van der Waals surface area contributed by atoms with Crippen LogP contribution < -0.4 is 4.74 Å². The fraction of sp³-hybridized carbons (Fsp3) is 0.474. The van der Waals surface area contributed by atoms with Crippen molar-refractivity contribution in [2.75, 3.05) is 0 Å². The van der Waals surface area contributed by atoms with Crippen LogP contribution in [0.2, 0.25) is 0 Å². The molecular weight excluding hydrogens is 244 g/mol. The molecular formula is C19H26O. The van der Waals surface area contributed by atoms with E-state index in [0.29, 0.717) is 0 Å². The lowest BCUT2D eigenvalue weighted by Gasteiger charge is -2.28. The van der Waals surface area contributed by atoms with E-state index in [9.17, 15) is 0 Å². The minimum Gasteiger partial charge on any atom is -0.482 e. The first kappa shape index (κ1) is 14.9. The average Bonchev–Trinajstić information content (AvgIpc) is 2.79. The third-order valence-electron chi connectivity index (χ3n) is 3.63. The van der Waals surface area contributed by atoms with Gasteiger partial charge in [0.15, 0.2) is 0 Å². The Balaban J connectivity index is 2.40. The predicted octanol–water partition coefficient (Wildman–Crippen LogP) is 5.16. The molecule has 0 heterocycles. The van der Waals surface area contributed by atoms with E-state index in [2.05, 4.69) is 71.9 Å². The van der Waals surface area contributed by atoms with E-state index in [1.165, 1.54) is 11.1 Å². The maximum atomic E-state index is 6.13. The Morgan fingerprint density at radius 1 is 0.850 bits per heavy atom. The van der Waals surface area contributed by atoms with Crippen molar-refractivity contribution in [3.8, 4) is 5.75 Å². The van der Waals surface area contributed by atoms with E-state index in [-0.39, 0.29) is 16.9 Å². The van der Waals surface area contributed by atoms with Crippen molar-refractivity contribution in [3.05, 3.63) is 53.6 Å². The van der Waals surface area contributed by atoms with Gasteiger partial charge in [0.05, 0.1) is 0 Å². The number of ether oxygens (including phenoxy) is 1. The van der Waals surface area contributed by atoms with Crippen molar-refractivity contribution < 1.29 is 4.74 Å². The van der Waals surface area contributed by atoms with Gasteiger partial charge in [-0.25, -0.2) is 0 Å². The van der Waals surface area contributed by atoms with Crippen LogP contribution in [0.4, 0.5) is 0 Å². The minimum absolute atomic E-state index is 0.0663. The lowest BCUT2D eigenvalue weighted by atomic mass is 9.80. The molecule has 0 atom stereocenters. The van der Waals surface area contributed by atoms with Crippen molar-refractivity contribution in [2.45, 2.75) is 58.5 Å². The third kappa shape index (κ3) is 3.33. The van der Waals surface area contributed by atoms with Gasteiger partial charge in [0.25, 0.3) is 0 Å². The maximum Gasteiger partial charge on any atom is 0.136 e. The Labute approximate surface area is 123 Å². The second-order valence-corrected chi connectivity index (χ2v) is 7.56. The molecule has 0 fully saturated rings. The van der Waals surface area contributed by atoms with Crippen LogP contribution in [0, 0.1) is 0 Å². The van der Waals surface area contributed by atoms with E-state index in [0.717, 1.165) is 5.75 Å². The standard InChI is InChI=1S/C19H26O/c1-18(2,3)14-11-12-17(16(13-14)19(4,5)6)20-15-9-7-8-10-15/h7-13,15H,1-6H3. The summed E-state index contributed by atoms with van der Waals surface area (Å²) in [5.74, 6) is 0.992. The molecule has 0 aromatic heterocycles. The summed E-state index contributed by atoms with van der Waals surface area (Å²) in [5.41, 5.74) is 2.86. The summed E-state index contributed by atoms with van der Waals surface area (Å²) in [5, 5.41) is 0. The molecule has 1 aromatic carbocycles. The number of benzene rings is 1. The number of hydrogen-bond donors (Lipinski definition) is 0. The summed E-state index contributed by atoms with van der Waals surface area (Å²) in [7, 11) is 0. The SMILES string of the molecule is CC(C)(C)c1ccc(OC2C=CC=C2)c(C(C)(C)C)c1. The van der Waals surface area contributed by atoms with Crippen LogP contribution >= 0.6 is 0 Å². The summed E-state index contributed by atoms with van der Waals surface area (Å²) >= 11 is 0. The monoisotopic (exact) mass is 270 g/mol. The first-order chi connectivity index (χ1) is 9.18. The largest absolute Gasteiger partial charge is 0.482 e. The van der Waals surface area contributed by atoms with Gasteiger partial charge in [0.2, 0.25) is 0 Å². The molecule has 0 saturated carbocycles. The molecule has 0 N–H and O–H groups in total. The number of hydrogen-bond acceptors (Lipinski definition) is 1. The highest BCUT2D eigenvalue weighted by molar-refractivity contribution is 5.44. The molecule has 2 rings (SSSR count). The summed E-state index contributed by atoms with van der Waals surface area (Å²) in [4.78, 5) is 0. The topological polar surface area (TPSA) is 9.23 Å². The van der Waals surface area contributed by atoms with E-state index in [4.69, 9.17) is 4.74 Å². The molecule has 0 bridgehead atoms. The minimum atomic E-state index is 0.0663. The van der Waals surface area contributed by atoms with Gasteiger partial charge in [0, 0.05) is 0 Å². The fourth-order valence-corrected chi connectivity index (χ4v) is 2.32. The molecule has 1 heteroatoms. The van der Waals surface area contributed by atoms with Crippen LogP contribution in [-0.4, -0.2) is 6.10 Å². The van der Waals surface area contributed by atoms with Crippen LogP contribution in [0.15, 0.2) is 42.5 Å². The van der Waals surface area contributed by atoms with Gasteiger partial charge in [-0.05, 0) is 40.2 Å². The highest BCUT2D eigenvalue weighted by Crippen LogP contribution is 2.36. The molecule has 1 aromatic rings. The average molecular weight is 270 g/mol. The van der Waals surface area contributed by atoms with Gasteiger partial charge in [-0.3, -0.25) is 0 Å². The van der Waals surface area contributed by atoms with Crippen molar-refractivity contribution in [3.63, 3.8) is 0 Å². The molecule has 0 amide bonds. The third-order valence-corrected chi connectivity index (χ3v) is 3.63. The van der Waals surface area contributed by atoms with Crippen molar-refractivity contribution in [1.82, 2.24) is 0 Å². The van der Waals surface area contributed by atoms with Gasteiger partial charge in [-0.1, -0.05) is 65.8 Å². The molecule has 0 radical (unpaired) electrons. The van der Waals surface area contributed by atoms with Crippen LogP contribution in [0.1, 0.15) is 52.7 Å². The van der Waals surface area contributed by atoms with Crippen LogP contribution in [0.25, 0.3) is 0 Å². The molecule has 108 valence electrons. The Kier molecular flexibility index (Phi) is 3.82. The highest BCUT2D eigenvalue weighted by atomic mass is 16.5. The van der Waals surface area contributed by atoms with Gasteiger partial charge in [-0.2, -0.15) is 0 Å². The molecule has 0 spiro atoms. The first-order valence-corrected chi connectivity index (χ1v) is 7.34. The highest BCUT2D eigenvalue weighted by Gasteiger charge is 2.23. The van der Waals surface area contributed by atoms with Gasteiger partial charge >= 0.3 is 0 Å². The Morgan fingerprint density at radius 2 is 1.45 bits per heavy atom. The van der Waals surface area contributed by atoms with Gasteiger partial charge < -0.3 is 4.74 Å². The molecule has 1 aliphatic carbocycles. The summed E-state index contributed by atoms with van der Waals surface area (Å²) in [6.07, 6.45) is 8.28. The number of allylic oxidation sites excluding steroid dienone is 2. The molecule has 0 saturated heterocycles. The quantitative estimate of drug-likeness (QED) is 0.721. The van der Waals surface area contributed by atoms with E-state index >= 15 is 0 Å². The Morgan fingerprint density at radius 3 is 1.95 bits per heavy atom. The van der Waals surface area contributed by atoms with E-state index in [1.54, 1.807) is 0 Å². The van der Waals surface area contributed by atoms with E-state index < -0.39 is 0 Å². The van der Waals surface area contributed by atoms with Gasteiger partial charge in [0.1, 0.15) is 11.9 Å². The van der Waals surface area contributed by atoms with Gasteiger partial charge in [-0.15, -0.1) is 0 Å². The zero-order chi connectivity index (χ0) is 15.0. The van der Waals surface area contributed by atoms with E-state index in [1.807, 2.05) is 12.2 Å². The van der Waals surface area contributed by atoms with Crippen LogP contribution in [-0.2, 0) is 10.8 Å². The summed E-state index contributed by atoms with van der Waals surface area (Å²) in [6, 6.07) is 6.62. The molecule has 0 aliphatic heterocycles. The molecule has 1 nitrogen and oxygen atoms in total. The molecule has 20 heavy (non-hydrogen) atoms. The van der Waals surface area contributed by atoms with Crippen molar-refractivity contribution >= 4 is 0 Å². The first-order valence-electron chi connectivity index (χ1n) is 7.34. The number of rotatable bonds is 2. The smallest absolute Gasteiger partial charge is 0.136 e. The van der Waals surface area contributed by atoms with Crippen molar-refractivity contribution in [1.29, 1.82) is 0 Å². The van der Waals surface area contributed by atoms with Crippen molar-refractivity contribution in [2.24, 2.45) is 0 Å². The summed E-state index contributed by atoms with van der Waals surface area (Å²) in [6.45, 7) is 13.5. The Hall–Kier alpha value is -1.50. The fourth-order valence-electron chi connectivity index (χ4n) is 2.32. The Bertz CT molecular complexity index is 524. The molecule has 1 aliphatic rings. The summed E-state index contributed by atoms with van der Waals surface area (Å²) < 4.78 is 6.13. The second kappa shape index (κ2) is 5.12. The lowest BCUT2D eigenvalue weighted by Crippen LogP contribution is -2.19. The normalized spacial score (nSPS) is 15.9.